The molecule has 4 heteroatoms. The molecular formula is C15H14ClNO2. The van der Waals surface area contributed by atoms with Crippen molar-refractivity contribution in [2.24, 2.45) is 5.73 Å². The van der Waals surface area contributed by atoms with Crippen molar-refractivity contribution in [1.82, 2.24) is 0 Å². The normalized spacial score (nSPS) is 21.6. The monoisotopic (exact) mass is 275 g/mol. The minimum absolute atomic E-state index is 0.0532. The van der Waals surface area contributed by atoms with Gasteiger partial charge in [0.2, 0.25) is 0 Å². The standard InChI is InChI=1S/C15H14ClNO2/c16-11-7-9(5-6-13(11)18)15-8-12(17)10-3-1-2-4-14(10)19-15/h1-7,12,15,18H,8,17H2. The lowest BCUT2D eigenvalue weighted by atomic mass is 9.93. The molecule has 2 aromatic carbocycles. The van der Waals surface area contributed by atoms with Crippen molar-refractivity contribution < 1.29 is 9.84 Å². The highest BCUT2D eigenvalue weighted by atomic mass is 35.5. The number of benzene rings is 2. The molecule has 3 rings (SSSR count). The Morgan fingerprint density at radius 2 is 2.00 bits per heavy atom. The molecule has 98 valence electrons. The van der Waals surface area contributed by atoms with Crippen molar-refractivity contribution in [3.05, 3.63) is 58.6 Å². The van der Waals surface area contributed by atoms with Gasteiger partial charge in [-0.15, -0.1) is 0 Å². The molecule has 0 bridgehead atoms. The Kier molecular flexibility index (Phi) is 3.09. The van der Waals surface area contributed by atoms with Crippen molar-refractivity contribution in [2.75, 3.05) is 0 Å². The molecule has 0 fully saturated rings. The van der Waals surface area contributed by atoms with E-state index in [1.807, 2.05) is 30.3 Å². The predicted octanol–water partition coefficient (Wildman–Crippen LogP) is 3.57. The Balaban J connectivity index is 1.94. The number of fused-ring (bicyclic) bond motifs is 1. The van der Waals surface area contributed by atoms with Crippen LogP contribution in [0, 0.1) is 0 Å². The minimum atomic E-state index is -0.136. The number of para-hydroxylation sites is 1. The van der Waals surface area contributed by atoms with Gasteiger partial charge in [-0.3, -0.25) is 0 Å². The number of aromatic hydroxyl groups is 1. The molecule has 2 unspecified atom stereocenters. The number of halogens is 1. The second-order valence-electron chi connectivity index (χ2n) is 4.70. The lowest BCUT2D eigenvalue weighted by molar-refractivity contribution is 0.161. The molecule has 0 spiro atoms. The van der Waals surface area contributed by atoms with Gasteiger partial charge in [0.25, 0.3) is 0 Å². The molecule has 2 atom stereocenters. The Morgan fingerprint density at radius 1 is 1.21 bits per heavy atom. The number of hydrogen-bond acceptors (Lipinski definition) is 3. The summed E-state index contributed by atoms with van der Waals surface area (Å²) in [5.74, 6) is 0.890. The number of nitrogens with two attached hydrogens (primary N) is 1. The van der Waals surface area contributed by atoms with Crippen molar-refractivity contribution >= 4 is 11.6 Å². The molecule has 1 heterocycles. The van der Waals surface area contributed by atoms with Crippen molar-refractivity contribution in [3.8, 4) is 11.5 Å². The van der Waals surface area contributed by atoms with Crippen LogP contribution in [0.25, 0.3) is 0 Å². The third-order valence-corrected chi connectivity index (χ3v) is 3.70. The van der Waals surface area contributed by atoms with Gasteiger partial charge in [-0.2, -0.15) is 0 Å². The van der Waals surface area contributed by atoms with E-state index in [0.717, 1.165) is 16.9 Å². The largest absolute Gasteiger partial charge is 0.506 e. The van der Waals surface area contributed by atoms with E-state index in [-0.39, 0.29) is 17.9 Å². The number of phenolic OH excluding ortho intramolecular Hbond substituents is 1. The molecule has 19 heavy (non-hydrogen) atoms. The van der Waals surface area contributed by atoms with E-state index < -0.39 is 0 Å². The van der Waals surface area contributed by atoms with E-state index >= 15 is 0 Å². The van der Waals surface area contributed by atoms with Crippen LogP contribution in [0.3, 0.4) is 0 Å². The van der Waals surface area contributed by atoms with Gasteiger partial charge in [-0.1, -0.05) is 35.9 Å². The molecule has 0 saturated heterocycles. The van der Waals surface area contributed by atoms with E-state index in [1.54, 1.807) is 12.1 Å². The lowest BCUT2D eigenvalue weighted by Gasteiger charge is -2.30. The fourth-order valence-electron chi connectivity index (χ4n) is 2.38. The second kappa shape index (κ2) is 4.76. The third kappa shape index (κ3) is 2.27. The quantitative estimate of drug-likeness (QED) is 0.836. The van der Waals surface area contributed by atoms with Gasteiger partial charge in [0.1, 0.15) is 17.6 Å². The first-order valence-corrected chi connectivity index (χ1v) is 6.52. The van der Waals surface area contributed by atoms with Crippen LogP contribution in [0.1, 0.15) is 29.7 Å². The van der Waals surface area contributed by atoms with Crippen LogP contribution in [-0.4, -0.2) is 5.11 Å². The van der Waals surface area contributed by atoms with E-state index in [2.05, 4.69) is 0 Å². The topological polar surface area (TPSA) is 55.5 Å². The SMILES string of the molecule is NC1CC(c2ccc(O)c(Cl)c2)Oc2ccccc21. The van der Waals surface area contributed by atoms with E-state index in [0.29, 0.717) is 11.4 Å². The first kappa shape index (κ1) is 12.3. The van der Waals surface area contributed by atoms with Crippen LogP contribution in [0.2, 0.25) is 5.02 Å². The van der Waals surface area contributed by atoms with Crippen LogP contribution >= 0.6 is 11.6 Å². The maximum Gasteiger partial charge on any atom is 0.134 e. The van der Waals surface area contributed by atoms with Gasteiger partial charge in [0.15, 0.2) is 0 Å². The zero-order chi connectivity index (χ0) is 13.4. The summed E-state index contributed by atoms with van der Waals surface area (Å²) in [6.45, 7) is 0. The number of phenols is 1. The summed E-state index contributed by atoms with van der Waals surface area (Å²) >= 11 is 5.93. The van der Waals surface area contributed by atoms with Crippen molar-refractivity contribution in [3.63, 3.8) is 0 Å². The van der Waals surface area contributed by atoms with Crippen LogP contribution in [0.4, 0.5) is 0 Å². The van der Waals surface area contributed by atoms with Gasteiger partial charge in [-0.25, -0.2) is 0 Å². The fourth-order valence-corrected chi connectivity index (χ4v) is 2.57. The van der Waals surface area contributed by atoms with E-state index in [4.69, 9.17) is 22.1 Å². The number of hydrogen-bond donors (Lipinski definition) is 2. The van der Waals surface area contributed by atoms with Gasteiger partial charge in [0.05, 0.1) is 5.02 Å². The summed E-state index contributed by atoms with van der Waals surface area (Å²) in [5, 5.41) is 9.78. The highest BCUT2D eigenvalue weighted by Gasteiger charge is 2.27. The maximum atomic E-state index is 9.45. The molecule has 0 saturated carbocycles. The first-order valence-electron chi connectivity index (χ1n) is 6.14. The summed E-state index contributed by atoms with van der Waals surface area (Å²) in [6, 6.07) is 12.9. The molecule has 0 aliphatic carbocycles. The Hall–Kier alpha value is -1.71. The zero-order valence-corrected chi connectivity index (χ0v) is 11.0. The predicted molar refractivity (Wildman–Crippen MR) is 74.5 cm³/mol. The summed E-state index contributed by atoms with van der Waals surface area (Å²) in [6.07, 6.45) is 0.556. The molecule has 0 aromatic heterocycles. The third-order valence-electron chi connectivity index (χ3n) is 3.40. The fraction of sp³-hybridized carbons (Fsp3) is 0.200. The summed E-state index contributed by atoms with van der Waals surface area (Å²) in [4.78, 5) is 0. The average Bonchev–Trinajstić information content (AvgIpc) is 2.42. The Labute approximate surface area is 116 Å². The molecule has 3 N–H and O–H groups in total. The van der Waals surface area contributed by atoms with Gasteiger partial charge in [0, 0.05) is 18.0 Å². The maximum absolute atomic E-state index is 9.45. The molecule has 2 aromatic rings. The molecular weight excluding hydrogens is 262 g/mol. The summed E-state index contributed by atoms with van der Waals surface area (Å²) < 4.78 is 5.96. The molecule has 0 radical (unpaired) electrons. The van der Waals surface area contributed by atoms with Crippen LogP contribution in [0.5, 0.6) is 11.5 Å². The smallest absolute Gasteiger partial charge is 0.134 e. The van der Waals surface area contributed by atoms with Gasteiger partial charge < -0.3 is 15.6 Å². The molecule has 3 nitrogen and oxygen atoms in total. The molecule has 1 aliphatic rings. The van der Waals surface area contributed by atoms with Gasteiger partial charge >= 0.3 is 0 Å². The average molecular weight is 276 g/mol. The van der Waals surface area contributed by atoms with Crippen molar-refractivity contribution in [1.29, 1.82) is 0 Å². The summed E-state index contributed by atoms with van der Waals surface area (Å²) in [7, 11) is 0. The molecule has 1 aliphatic heterocycles. The summed E-state index contributed by atoms with van der Waals surface area (Å²) in [5.41, 5.74) is 8.13. The van der Waals surface area contributed by atoms with E-state index in [9.17, 15) is 5.11 Å². The first-order chi connectivity index (χ1) is 9.15. The molecule has 0 amide bonds. The van der Waals surface area contributed by atoms with Gasteiger partial charge in [-0.05, 0) is 23.8 Å². The number of ether oxygens (including phenoxy) is 1. The Morgan fingerprint density at radius 3 is 2.79 bits per heavy atom. The lowest BCUT2D eigenvalue weighted by Crippen LogP contribution is -2.24. The van der Waals surface area contributed by atoms with Crippen molar-refractivity contribution in [2.45, 2.75) is 18.6 Å². The zero-order valence-electron chi connectivity index (χ0n) is 10.2. The Bertz CT molecular complexity index is 615. The number of rotatable bonds is 1. The highest BCUT2D eigenvalue weighted by Crippen LogP contribution is 2.40. The van der Waals surface area contributed by atoms with E-state index in [1.165, 1.54) is 0 Å². The van der Waals surface area contributed by atoms with Crippen LogP contribution < -0.4 is 10.5 Å². The van der Waals surface area contributed by atoms with Crippen LogP contribution in [-0.2, 0) is 0 Å². The van der Waals surface area contributed by atoms with Crippen LogP contribution in [0.15, 0.2) is 42.5 Å². The highest BCUT2D eigenvalue weighted by molar-refractivity contribution is 6.32. The minimum Gasteiger partial charge on any atom is -0.506 e. The second-order valence-corrected chi connectivity index (χ2v) is 5.10.